The van der Waals surface area contributed by atoms with Gasteiger partial charge < -0.3 is 5.32 Å². The summed E-state index contributed by atoms with van der Waals surface area (Å²) in [6.07, 6.45) is 4.31. The van der Waals surface area contributed by atoms with Gasteiger partial charge in [0, 0.05) is 42.9 Å². The third-order valence-electron chi connectivity index (χ3n) is 3.65. The Labute approximate surface area is 90.3 Å². The van der Waals surface area contributed by atoms with Gasteiger partial charge in [-0.3, -0.25) is 0 Å². The van der Waals surface area contributed by atoms with Gasteiger partial charge in [-0.15, -0.1) is 0 Å². The molecular weight excluding hydrogens is 186 g/mol. The second-order valence-corrected chi connectivity index (χ2v) is 5.37. The van der Waals surface area contributed by atoms with Gasteiger partial charge in [0.15, 0.2) is 0 Å². The predicted octanol–water partition coefficient (Wildman–Crippen LogP) is 1.64. The summed E-state index contributed by atoms with van der Waals surface area (Å²) < 4.78 is 0. The van der Waals surface area contributed by atoms with Crippen molar-refractivity contribution in [1.29, 1.82) is 0 Å². The molecule has 1 N–H and O–H groups in total. The number of nitrogens with one attached hydrogen (secondary N) is 1. The average Bonchev–Trinajstić information content (AvgIpc) is 2.87. The van der Waals surface area contributed by atoms with Crippen molar-refractivity contribution in [1.82, 2.24) is 15.3 Å². The van der Waals surface area contributed by atoms with Gasteiger partial charge in [0.25, 0.3) is 0 Å². The first-order valence-electron chi connectivity index (χ1n) is 5.72. The molecule has 0 aromatic carbocycles. The highest BCUT2D eigenvalue weighted by molar-refractivity contribution is 5.24. The van der Waals surface area contributed by atoms with E-state index in [0.717, 1.165) is 25.3 Å². The van der Waals surface area contributed by atoms with Crippen LogP contribution in [0, 0.1) is 5.41 Å². The topological polar surface area (TPSA) is 37.8 Å². The minimum Gasteiger partial charge on any atom is -0.312 e. The molecule has 0 amide bonds. The zero-order valence-corrected chi connectivity index (χ0v) is 9.38. The molecule has 1 unspecified atom stereocenters. The number of aromatic nitrogens is 2. The fraction of sp³-hybridized carbons (Fsp3) is 0.667. The van der Waals surface area contributed by atoms with Crippen LogP contribution in [0.4, 0.5) is 0 Å². The van der Waals surface area contributed by atoms with Crippen molar-refractivity contribution in [3.05, 3.63) is 23.3 Å². The molecule has 1 aromatic rings. The van der Waals surface area contributed by atoms with Crippen molar-refractivity contribution in [2.45, 2.75) is 39.2 Å². The summed E-state index contributed by atoms with van der Waals surface area (Å²) in [5, 5.41) is 3.34. The normalized spacial score (nSPS) is 27.2. The van der Waals surface area contributed by atoms with Crippen molar-refractivity contribution in [2.75, 3.05) is 6.54 Å². The van der Waals surface area contributed by atoms with Crippen LogP contribution >= 0.6 is 0 Å². The molecule has 1 fully saturated rings. The number of hydrogen-bond donors (Lipinski definition) is 1. The Bertz CT molecular complexity index is 398. The summed E-state index contributed by atoms with van der Waals surface area (Å²) in [6.45, 7) is 6.57. The lowest BCUT2D eigenvalue weighted by atomic mass is 10.1. The maximum atomic E-state index is 4.72. The Hall–Kier alpha value is -0.960. The van der Waals surface area contributed by atoms with Crippen molar-refractivity contribution >= 4 is 0 Å². The standard InChI is InChI=1S/C12H17N3/c1-12(2)5-9(12)11-14-7-8-6-13-4-3-10(8)15-11/h7,9,13H,3-6H2,1-2H3. The van der Waals surface area contributed by atoms with E-state index in [1.807, 2.05) is 6.20 Å². The zero-order valence-electron chi connectivity index (χ0n) is 9.38. The Morgan fingerprint density at radius 3 is 3.00 bits per heavy atom. The molecule has 0 spiro atoms. The number of nitrogens with zero attached hydrogens (tertiary/aromatic N) is 2. The molecule has 3 nitrogen and oxygen atoms in total. The Morgan fingerprint density at radius 1 is 1.47 bits per heavy atom. The highest BCUT2D eigenvalue weighted by Gasteiger charge is 2.48. The first-order chi connectivity index (χ1) is 7.17. The second kappa shape index (κ2) is 3.01. The van der Waals surface area contributed by atoms with E-state index in [2.05, 4.69) is 24.1 Å². The summed E-state index contributed by atoms with van der Waals surface area (Å²) in [7, 11) is 0. The Balaban J connectivity index is 1.92. The van der Waals surface area contributed by atoms with Gasteiger partial charge in [-0.05, 0) is 11.8 Å². The van der Waals surface area contributed by atoms with E-state index in [1.54, 1.807) is 0 Å². The average molecular weight is 203 g/mol. The zero-order chi connectivity index (χ0) is 10.5. The molecule has 2 aliphatic rings. The van der Waals surface area contributed by atoms with E-state index in [-0.39, 0.29) is 0 Å². The third-order valence-corrected chi connectivity index (χ3v) is 3.65. The maximum Gasteiger partial charge on any atom is 0.132 e. The van der Waals surface area contributed by atoms with Gasteiger partial charge in [0.05, 0.1) is 0 Å². The molecule has 1 aliphatic heterocycles. The molecule has 0 bridgehead atoms. The quantitative estimate of drug-likeness (QED) is 0.754. The van der Waals surface area contributed by atoms with Crippen LogP contribution in [0.5, 0.6) is 0 Å². The number of fused-ring (bicyclic) bond motifs is 1. The Kier molecular flexibility index (Phi) is 1.87. The predicted molar refractivity (Wildman–Crippen MR) is 58.6 cm³/mol. The van der Waals surface area contributed by atoms with E-state index >= 15 is 0 Å². The maximum absolute atomic E-state index is 4.72. The van der Waals surface area contributed by atoms with Crippen molar-refractivity contribution in [3.8, 4) is 0 Å². The van der Waals surface area contributed by atoms with Crippen LogP contribution in [0.3, 0.4) is 0 Å². The van der Waals surface area contributed by atoms with Gasteiger partial charge in [0.1, 0.15) is 5.82 Å². The van der Waals surface area contributed by atoms with Crippen LogP contribution in [0.15, 0.2) is 6.20 Å². The Morgan fingerprint density at radius 2 is 2.27 bits per heavy atom. The molecule has 15 heavy (non-hydrogen) atoms. The van der Waals surface area contributed by atoms with Crippen LogP contribution < -0.4 is 5.32 Å². The van der Waals surface area contributed by atoms with Crippen LogP contribution in [-0.2, 0) is 13.0 Å². The summed E-state index contributed by atoms with van der Waals surface area (Å²) in [6, 6.07) is 0. The summed E-state index contributed by atoms with van der Waals surface area (Å²) >= 11 is 0. The lowest BCUT2D eigenvalue weighted by Gasteiger charge is -2.16. The van der Waals surface area contributed by atoms with E-state index in [9.17, 15) is 0 Å². The molecule has 0 radical (unpaired) electrons. The highest BCUT2D eigenvalue weighted by atomic mass is 15.0. The van der Waals surface area contributed by atoms with Crippen LogP contribution in [0.25, 0.3) is 0 Å². The van der Waals surface area contributed by atoms with Crippen LogP contribution in [0.2, 0.25) is 0 Å². The second-order valence-electron chi connectivity index (χ2n) is 5.37. The number of rotatable bonds is 1. The van der Waals surface area contributed by atoms with Gasteiger partial charge in [0.2, 0.25) is 0 Å². The van der Waals surface area contributed by atoms with E-state index in [0.29, 0.717) is 11.3 Å². The first-order valence-corrected chi connectivity index (χ1v) is 5.72. The lowest BCUT2D eigenvalue weighted by Crippen LogP contribution is -2.25. The summed E-state index contributed by atoms with van der Waals surface area (Å²) in [4.78, 5) is 9.22. The molecule has 2 heterocycles. The fourth-order valence-electron chi connectivity index (χ4n) is 2.33. The monoisotopic (exact) mass is 203 g/mol. The molecule has 0 saturated heterocycles. The molecule has 3 rings (SSSR count). The van der Waals surface area contributed by atoms with Crippen molar-refractivity contribution in [3.63, 3.8) is 0 Å². The minimum atomic E-state index is 0.432. The molecule has 1 aliphatic carbocycles. The SMILES string of the molecule is CC1(C)CC1c1ncc2c(n1)CCNC2. The van der Waals surface area contributed by atoms with Crippen LogP contribution in [-0.4, -0.2) is 16.5 Å². The van der Waals surface area contributed by atoms with E-state index in [4.69, 9.17) is 4.98 Å². The third kappa shape index (κ3) is 1.55. The molecule has 1 aromatic heterocycles. The van der Waals surface area contributed by atoms with Gasteiger partial charge in [-0.2, -0.15) is 0 Å². The van der Waals surface area contributed by atoms with Gasteiger partial charge >= 0.3 is 0 Å². The molecule has 1 atom stereocenters. The minimum absolute atomic E-state index is 0.432. The summed E-state index contributed by atoms with van der Waals surface area (Å²) in [5.41, 5.74) is 2.98. The number of hydrogen-bond acceptors (Lipinski definition) is 3. The van der Waals surface area contributed by atoms with Crippen molar-refractivity contribution in [2.24, 2.45) is 5.41 Å². The van der Waals surface area contributed by atoms with Gasteiger partial charge in [-0.25, -0.2) is 9.97 Å². The van der Waals surface area contributed by atoms with E-state index in [1.165, 1.54) is 17.7 Å². The smallest absolute Gasteiger partial charge is 0.132 e. The fourth-order valence-corrected chi connectivity index (χ4v) is 2.33. The summed E-state index contributed by atoms with van der Waals surface area (Å²) in [5.74, 6) is 1.67. The molecular formula is C12H17N3. The van der Waals surface area contributed by atoms with Gasteiger partial charge in [-0.1, -0.05) is 13.8 Å². The molecule has 3 heteroatoms. The largest absolute Gasteiger partial charge is 0.312 e. The van der Waals surface area contributed by atoms with Crippen molar-refractivity contribution < 1.29 is 0 Å². The highest BCUT2D eigenvalue weighted by Crippen LogP contribution is 2.57. The molecule has 80 valence electrons. The lowest BCUT2D eigenvalue weighted by molar-refractivity contribution is 0.591. The molecule has 1 saturated carbocycles. The first kappa shape index (κ1) is 9.28. The van der Waals surface area contributed by atoms with Crippen LogP contribution in [0.1, 0.15) is 43.3 Å². The van der Waals surface area contributed by atoms with E-state index < -0.39 is 0 Å².